The molecule has 4 radical (unpaired) electrons. The molecule has 0 amide bonds. The first kappa shape index (κ1) is 121. The third-order valence-electron chi connectivity index (χ3n) is 19.1. The number of fused-ring (bicyclic) bond motifs is 4. The molecule has 20 rings (SSSR count). The molecule has 0 saturated carbocycles. The van der Waals surface area contributed by atoms with Gasteiger partial charge < -0.3 is 55.4 Å². The number of rotatable bonds is 11. The number of hydrogen-bond donors (Lipinski definition) is 6. The number of hydrogen-bond acceptors (Lipinski definition) is 19. The van der Waals surface area contributed by atoms with Gasteiger partial charge in [-0.3, -0.25) is 24.9 Å². The summed E-state index contributed by atoms with van der Waals surface area (Å²) < 4.78 is 15.5. The average molecular weight is 2840 g/mol. The van der Waals surface area contributed by atoms with E-state index in [1.54, 1.807) is 78.5 Å². The van der Waals surface area contributed by atoms with E-state index >= 15 is 0 Å². The van der Waals surface area contributed by atoms with E-state index in [0.29, 0.717) is 6.61 Å². The average Bonchev–Trinajstić information content (AvgIpc) is 1.71. The molecule has 8 heterocycles. The molecule has 0 spiro atoms. The summed E-state index contributed by atoms with van der Waals surface area (Å²) in [5, 5.41) is 59.1. The maximum atomic E-state index is 8.49. The minimum Gasteiger partial charge on any atom is -0.633 e. The Morgan fingerprint density at radius 2 is 0.695 bits per heavy atom. The summed E-state index contributed by atoms with van der Waals surface area (Å²) in [5.41, 5.74) is 18.7. The number of nitrogens with zero attached hydrogens (tertiary/aromatic N) is 8. The number of aliphatic imine (C=N–C) groups is 1. The molecular weight excluding hydrogens is 2720 g/mol. The number of para-hydroxylation sites is 4. The summed E-state index contributed by atoms with van der Waals surface area (Å²) in [7, 11) is 0. The number of aliphatic hydroxyl groups excluding tert-OH is 6. The predicted octanol–water partition coefficient (Wildman–Crippen LogP) is 28.7. The Morgan fingerprint density at radius 1 is 0.376 bits per heavy atom. The predicted molar refractivity (Wildman–Crippen MR) is 564 cm³/mol. The number of aromatic nitrogens is 6. The molecule has 1 saturated heterocycles. The molecule has 1 fully saturated rings. The van der Waals surface area contributed by atoms with Gasteiger partial charge >= 0.3 is 20.1 Å². The Bertz CT molecular complexity index is 6180. The van der Waals surface area contributed by atoms with Crippen LogP contribution in [0.3, 0.4) is 0 Å². The fourth-order valence-corrected chi connectivity index (χ4v) is 16.3. The van der Waals surface area contributed by atoms with E-state index in [2.05, 4.69) is 228 Å². The third kappa shape index (κ3) is 43.0. The monoisotopic (exact) mass is 2840 g/mol. The Labute approximate surface area is 914 Å². The van der Waals surface area contributed by atoms with Crippen LogP contribution >= 0.6 is 45.3 Å². The summed E-state index contributed by atoms with van der Waals surface area (Å²) in [6, 6.07) is 128. The molecule has 6 N–H and O–H groups in total. The molecule has 4 atom stereocenters. The molecule has 2 aliphatic rings. The topological polar surface area (TPSA) is 244 Å². The first-order chi connectivity index (χ1) is 65.6. The van der Waals surface area contributed by atoms with Gasteiger partial charge in [-0.2, -0.15) is 81.2 Å². The van der Waals surface area contributed by atoms with Gasteiger partial charge in [0.05, 0.1) is 70.8 Å². The molecule has 6 aromatic heterocycles. The fraction of sp³-hybridized carbons (Fsp3) is 0.198. The first-order valence-corrected chi connectivity index (χ1v) is 47.6. The fourth-order valence-electron chi connectivity index (χ4n) is 12.5. The van der Waals surface area contributed by atoms with Crippen molar-refractivity contribution in [3.05, 3.63) is 439 Å². The van der Waals surface area contributed by atoms with Crippen molar-refractivity contribution in [1.29, 1.82) is 0 Å². The zero-order valence-electron chi connectivity index (χ0n) is 80.3. The Hall–Kier alpha value is -10.4. The molecule has 16 nitrogen and oxygen atoms in total. The van der Waals surface area contributed by atoms with Crippen molar-refractivity contribution in [3.8, 4) is 64.8 Å². The van der Waals surface area contributed by atoms with Crippen molar-refractivity contribution in [1.82, 2.24) is 29.9 Å². The van der Waals surface area contributed by atoms with E-state index in [4.69, 9.17) is 40.1 Å². The number of allylic oxidation sites excluding steroid dienone is 3. The normalized spacial score (nSPS) is 12.8. The standard InChI is InChI=1S/2C17H16NS.2C13H8NS.C12H10N.C11H8N.C9H9NO.C9H8NO.3C5H10O2.5Ir/c2*1-17(2,3)13-10-8-12(9-11-13)16-18-14-6-4-5-7-15(14)19-16;2*1-2-6-10(7-3-1)13-14-11-8-4-5-9-12(11)15-13;1-10-5-7-11(8-6-10)12-4-2-3-9-13-12;1-2-6-10(7-3-1)11-8-4-5-9-12-11;2*1-2-4-8(5-3-1)9-10-6-7-11-9;3*1-4(6)3-5(2)7;;;;;/h2*4-8,10-11H,1-3H3;2*1-6,8-9H;2-7,9H,1H3;1-6,8-9H;1-4,9H,6-7H2;1-4H,6-7H2;3*3-4,6-7H,1-2H3;;;;;/q6*-1;-2;-1;;;;;;;;+3. The van der Waals surface area contributed by atoms with Crippen LogP contribution in [0.15, 0.2) is 362 Å². The molecule has 740 valence electrons. The van der Waals surface area contributed by atoms with Crippen molar-refractivity contribution >= 4 is 92.1 Å². The van der Waals surface area contributed by atoms with Gasteiger partial charge in [-0.05, 0) is 149 Å². The molecule has 18 aromatic rings. The van der Waals surface area contributed by atoms with Gasteiger partial charge in [0.1, 0.15) is 5.90 Å². The smallest absolute Gasteiger partial charge is 0.633 e. The molecule has 0 aliphatic carbocycles. The molecular formula is C116H113Ir5N8O8S4-6. The van der Waals surface area contributed by atoms with Crippen LogP contribution in [0.2, 0.25) is 0 Å². The minimum atomic E-state index is -0.537. The third-order valence-corrected chi connectivity index (χ3v) is 23.3. The number of benzene rings is 12. The molecule has 2 aliphatic heterocycles. The number of aryl methyl sites for hydroxylation is 1. The number of pyridine rings is 2. The van der Waals surface area contributed by atoms with Crippen LogP contribution in [0, 0.1) is 55.5 Å². The summed E-state index contributed by atoms with van der Waals surface area (Å²) >= 11 is 6.86. The molecule has 141 heavy (non-hydrogen) atoms. The second-order valence-corrected chi connectivity index (χ2v) is 37.0. The van der Waals surface area contributed by atoms with Gasteiger partial charge in [-0.15, -0.1) is 251 Å². The van der Waals surface area contributed by atoms with Gasteiger partial charge in [-0.25, -0.2) is 0 Å². The van der Waals surface area contributed by atoms with Crippen molar-refractivity contribution in [2.75, 3.05) is 26.3 Å². The minimum absolute atomic E-state index is 0. The Kier molecular flexibility index (Phi) is 55.2. The van der Waals surface area contributed by atoms with Crippen LogP contribution < -0.4 is 0 Å². The van der Waals surface area contributed by atoms with Gasteiger partial charge in [0.25, 0.3) is 0 Å². The van der Waals surface area contributed by atoms with Crippen molar-refractivity contribution in [2.24, 2.45) is 4.99 Å². The van der Waals surface area contributed by atoms with Crippen LogP contribution in [0.25, 0.3) is 111 Å². The van der Waals surface area contributed by atoms with Gasteiger partial charge in [0, 0.05) is 138 Å². The van der Waals surface area contributed by atoms with E-state index in [1.165, 1.54) is 74.5 Å². The summed E-state index contributed by atoms with van der Waals surface area (Å²) in [4.78, 5) is 31.1. The van der Waals surface area contributed by atoms with Gasteiger partial charge in [0.15, 0.2) is 0 Å². The van der Waals surface area contributed by atoms with Crippen LogP contribution in [0.5, 0.6) is 0 Å². The van der Waals surface area contributed by atoms with E-state index in [1.807, 2.05) is 218 Å². The van der Waals surface area contributed by atoms with Crippen molar-refractivity contribution in [3.63, 3.8) is 0 Å². The van der Waals surface area contributed by atoms with Gasteiger partial charge in [-0.1, -0.05) is 127 Å². The van der Waals surface area contributed by atoms with Gasteiger partial charge in [0.2, 0.25) is 0 Å². The van der Waals surface area contributed by atoms with E-state index < -0.39 is 18.3 Å². The zero-order chi connectivity index (χ0) is 97.0. The maximum Gasteiger partial charge on any atom is 3.00 e. The Balaban J connectivity index is 0.000000276. The summed E-state index contributed by atoms with van der Waals surface area (Å²) in [6.07, 6.45) is 6.00. The second kappa shape index (κ2) is 64.3. The van der Waals surface area contributed by atoms with E-state index in [0.717, 1.165) is 124 Å². The van der Waals surface area contributed by atoms with Crippen LogP contribution in [0.1, 0.15) is 117 Å². The SMILES string of the molecule is CC(C)(C)c1c[c-]c(-c2nc3ccccc3s2)cc1.CC(C)(C)c1c[c-]c(-c2nc3ccccc3s2)cc1.CC(O)=CC(C)O.CC(O)=CC(C)O.CC(O)=CC(C)O.Cc1c[c-]c(-c2ccccn2)cc1.[Ir+3].[Ir].[Ir].[Ir].[Ir].[c-]1ccccc1-c1ccccn1.[c-]1ccccc1-c1nc2ccccc2s1.[c-]1ccccc1-c1nc2ccccc2s1.[c-]1ccccc1C1=NCCO1.[c-]1ccccc1C1[N-]CCO1. The first-order valence-electron chi connectivity index (χ1n) is 44.3. The van der Waals surface area contributed by atoms with Crippen molar-refractivity contribution < 1.29 is 141 Å². The molecule has 12 aromatic carbocycles. The largest absolute Gasteiger partial charge is 3.00 e. The van der Waals surface area contributed by atoms with Crippen LogP contribution in [-0.2, 0) is 121 Å². The number of aliphatic hydroxyl groups is 6. The van der Waals surface area contributed by atoms with Crippen LogP contribution in [0.4, 0.5) is 0 Å². The maximum absolute atomic E-state index is 8.49. The molecule has 25 heteroatoms. The van der Waals surface area contributed by atoms with E-state index in [9.17, 15) is 0 Å². The van der Waals surface area contributed by atoms with Crippen LogP contribution in [-0.4, -0.2) is 111 Å². The van der Waals surface area contributed by atoms with E-state index in [-0.39, 0.29) is 135 Å². The Morgan fingerprint density at radius 3 is 0.957 bits per heavy atom. The second-order valence-electron chi connectivity index (χ2n) is 32.9. The zero-order valence-corrected chi connectivity index (χ0v) is 95.6. The number of thiazole rings is 4. The quantitative estimate of drug-likeness (QED) is 0.0521. The number of ether oxygens (including phenoxy) is 2. The summed E-state index contributed by atoms with van der Waals surface area (Å²) in [5.74, 6) is 1.21. The molecule has 0 bridgehead atoms. The van der Waals surface area contributed by atoms with Crippen molar-refractivity contribution in [2.45, 2.75) is 125 Å². The summed E-state index contributed by atoms with van der Waals surface area (Å²) in [6.45, 7) is 27.7. The molecule has 4 unspecified atom stereocenters.